The van der Waals surface area contributed by atoms with E-state index in [2.05, 4.69) is 76.6 Å². The molecule has 0 aliphatic heterocycles. The summed E-state index contributed by atoms with van der Waals surface area (Å²) in [6.07, 6.45) is 5.21. The van der Waals surface area contributed by atoms with Crippen molar-refractivity contribution in [3.8, 4) is 5.69 Å². The fraction of sp³-hybridized carbons (Fsp3) is 0.174. The molecule has 2 aromatic heterocycles. The van der Waals surface area contributed by atoms with Crippen LogP contribution in [0.4, 0.5) is 0 Å². The van der Waals surface area contributed by atoms with Crippen LogP contribution in [-0.2, 0) is 12.8 Å². The second-order valence-corrected chi connectivity index (χ2v) is 6.85. The Kier molecular flexibility index (Phi) is 4.79. The molecule has 2 heterocycles. The molecule has 0 saturated carbocycles. The Morgan fingerprint density at radius 1 is 0.741 bits per heavy atom. The lowest BCUT2D eigenvalue weighted by Crippen LogP contribution is -2.00. The molecule has 0 unspecified atom stereocenters. The molecule has 0 aliphatic carbocycles. The summed E-state index contributed by atoms with van der Waals surface area (Å²) in [7, 11) is 0. The third-order valence-electron chi connectivity index (χ3n) is 4.55. The highest BCUT2D eigenvalue weighted by molar-refractivity contribution is 5.39. The molecule has 0 amide bonds. The molecule has 4 rings (SSSR count). The van der Waals surface area contributed by atoms with Crippen LogP contribution in [0.5, 0.6) is 0 Å². The summed E-state index contributed by atoms with van der Waals surface area (Å²) in [4.78, 5) is 8.64. The largest absolute Gasteiger partial charge is 0.241 e. The Balaban J connectivity index is 1.55. The van der Waals surface area contributed by atoms with Gasteiger partial charge in [-0.25, -0.2) is 14.6 Å². The molecule has 0 saturated heterocycles. The quantitative estimate of drug-likeness (QED) is 0.531. The number of rotatable bonds is 5. The standard InChI is InChI=1S/C23H22N4/c1-17-12-18(2)27(26-17)22-9-4-8-20(15-22)13-19-6-3-7-21(14-19)16-23-24-10-5-11-25-23/h3-12,14-15H,13,16H2,1-2H3. The molecule has 134 valence electrons. The zero-order chi connectivity index (χ0) is 18.6. The van der Waals surface area contributed by atoms with Crippen molar-refractivity contribution < 1.29 is 0 Å². The highest BCUT2D eigenvalue weighted by Crippen LogP contribution is 2.17. The molecular formula is C23H22N4. The van der Waals surface area contributed by atoms with Gasteiger partial charge in [-0.05, 0) is 61.2 Å². The smallest absolute Gasteiger partial charge is 0.132 e. The van der Waals surface area contributed by atoms with Crippen LogP contribution in [0, 0.1) is 13.8 Å². The minimum absolute atomic E-state index is 0.750. The molecule has 0 spiro atoms. The van der Waals surface area contributed by atoms with E-state index >= 15 is 0 Å². The molecule has 0 fully saturated rings. The van der Waals surface area contributed by atoms with Crippen molar-refractivity contribution in [1.82, 2.24) is 19.7 Å². The number of hydrogen-bond acceptors (Lipinski definition) is 3. The first-order chi connectivity index (χ1) is 13.2. The Morgan fingerprint density at radius 3 is 2.11 bits per heavy atom. The number of hydrogen-bond donors (Lipinski definition) is 0. The van der Waals surface area contributed by atoms with Gasteiger partial charge in [0.05, 0.1) is 11.4 Å². The molecule has 27 heavy (non-hydrogen) atoms. The fourth-order valence-corrected chi connectivity index (χ4v) is 3.38. The first kappa shape index (κ1) is 17.2. The summed E-state index contributed by atoms with van der Waals surface area (Å²) < 4.78 is 2.00. The predicted octanol–water partition coefficient (Wildman–Crippen LogP) is 4.46. The molecule has 0 radical (unpaired) electrons. The van der Waals surface area contributed by atoms with Gasteiger partial charge in [0.25, 0.3) is 0 Å². The van der Waals surface area contributed by atoms with Gasteiger partial charge in [-0.3, -0.25) is 0 Å². The van der Waals surface area contributed by atoms with E-state index in [1.165, 1.54) is 16.7 Å². The van der Waals surface area contributed by atoms with Gasteiger partial charge >= 0.3 is 0 Å². The summed E-state index contributed by atoms with van der Waals surface area (Å²) >= 11 is 0. The van der Waals surface area contributed by atoms with Crippen LogP contribution >= 0.6 is 0 Å². The maximum Gasteiger partial charge on any atom is 0.132 e. The summed E-state index contributed by atoms with van der Waals surface area (Å²) in [5, 5.41) is 4.59. The van der Waals surface area contributed by atoms with Crippen molar-refractivity contribution in [2.75, 3.05) is 0 Å². The Morgan fingerprint density at radius 2 is 1.41 bits per heavy atom. The monoisotopic (exact) mass is 354 g/mol. The summed E-state index contributed by atoms with van der Waals surface area (Å²) in [6.45, 7) is 4.11. The maximum absolute atomic E-state index is 4.59. The minimum atomic E-state index is 0.750. The number of aryl methyl sites for hydroxylation is 2. The topological polar surface area (TPSA) is 43.6 Å². The lowest BCUT2D eigenvalue weighted by Gasteiger charge is -2.09. The van der Waals surface area contributed by atoms with Crippen LogP contribution in [0.25, 0.3) is 5.69 Å². The lowest BCUT2D eigenvalue weighted by molar-refractivity contribution is 0.832. The van der Waals surface area contributed by atoms with Gasteiger partial charge in [-0.15, -0.1) is 0 Å². The van der Waals surface area contributed by atoms with Crippen LogP contribution in [0.1, 0.15) is 33.9 Å². The average Bonchev–Trinajstić information content (AvgIpc) is 3.01. The minimum Gasteiger partial charge on any atom is -0.241 e. The van der Waals surface area contributed by atoms with Crippen LogP contribution in [-0.4, -0.2) is 19.7 Å². The van der Waals surface area contributed by atoms with E-state index in [1.807, 2.05) is 17.7 Å². The van der Waals surface area contributed by atoms with Gasteiger partial charge in [0.15, 0.2) is 0 Å². The first-order valence-corrected chi connectivity index (χ1v) is 9.14. The molecule has 0 atom stereocenters. The highest BCUT2D eigenvalue weighted by atomic mass is 15.3. The zero-order valence-corrected chi connectivity index (χ0v) is 15.6. The Bertz CT molecular complexity index is 1050. The molecular weight excluding hydrogens is 332 g/mol. The first-order valence-electron chi connectivity index (χ1n) is 9.14. The Hall–Kier alpha value is -3.27. The van der Waals surface area contributed by atoms with E-state index < -0.39 is 0 Å². The highest BCUT2D eigenvalue weighted by Gasteiger charge is 2.06. The van der Waals surface area contributed by atoms with E-state index in [1.54, 1.807) is 12.4 Å². The van der Waals surface area contributed by atoms with E-state index in [0.29, 0.717) is 0 Å². The van der Waals surface area contributed by atoms with Gasteiger partial charge in [-0.2, -0.15) is 5.10 Å². The van der Waals surface area contributed by atoms with Gasteiger partial charge in [0.1, 0.15) is 5.82 Å². The van der Waals surface area contributed by atoms with E-state index in [9.17, 15) is 0 Å². The predicted molar refractivity (Wildman–Crippen MR) is 107 cm³/mol. The fourth-order valence-electron chi connectivity index (χ4n) is 3.38. The van der Waals surface area contributed by atoms with Gasteiger partial charge in [0.2, 0.25) is 0 Å². The third kappa shape index (κ3) is 4.11. The van der Waals surface area contributed by atoms with Gasteiger partial charge in [0, 0.05) is 24.5 Å². The van der Waals surface area contributed by atoms with Crippen molar-refractivity contribution in [2.24, 2.45) is 0 Å². The molecule has 4 aromatic rings. The summed E-state index contributed by atoms with van der Waals surface area (Å²) in [5.74, 6) is 0.848. The summed E-state index contributed by atoms with van der Waals surface area (Å²) in [5.41, 5.74) is 7.07. The van der Waals surface area contributed by atoms with Crippen molar-refractivity contribution in [2.45, 2.75) is 26.7 Å². The lowest BCUT2D eigenvalue weighted by atomic mass is 10.0. The average molecular weight is 354 g/mol. The molecule has 0 N–H and O–H groups in total. The zero-order valence-electron chi connectivity index (χ0n) is 15.6. The van der Waals surface area contributed by atoms with Crippen molar-refractivity contribution in [3.05, 3.63) is 107 Å². The molecule has 0 aliphatic rings. The number of nitrogens with zero attached hydrogens (tertiary/aromatic N) is 4. The SMILES string of the molecule is Cc1cc(C)n(-c2cccc(Cc3cccc(Cc4ncccn4)c3)c2)n1. The molecule has 4 nitrogen and oxygen atoms in total. The second-order valence-electron chi connectivity index (χ2n) is 6.85. The van der Waals surface area contributed by atoms with Crippen LogP contribution < -0.4 is 0 Å². The van der Waals surface area contributed by atoms with Crippen LogP contribution in [0.15, 0.2) is 73.1 Å². The normalized spacial score (nSPS) is 10.9. The molecule has 4 heteroatoms. The van der Waals surface area contributed by atoms with E-state index in [0.717, 1.165) is 35.7 Å². The molecule has 0 bridgehead atoms. The maximum atomic E-state index is 4.59. The van der Waals surface area contributed by atoms with Crippen LogP contribution in [0.3, 0.4) is 0 Å². The second kappa shape index (κ2) is 7.54. The van der Waals surface area contributed by atoms with Gasteiger partial charge < -0.3 is 0 Å². The van der Waals surface area contributed by atoms with E-state index in [-0.39, 0.29) is 0 Å². The third-order valence-corrected chi connectivity index (χ3v) is 4.55. The van der Waals surface area contributed by atoms with Crippen molar-refractivity contribution in [1.29, 1.82) is 0 Å². The number of aromatic nitrogens is 4. The Labute approximate surface area is 159 Å². The van der Waals surface area contributed by atoms with Crippen molar-refractivity contribution in [3.63, 3.8) is 0 Å². The number of benzene rings is 2. The van der Waals surface area contributed by atoms with Crippen molar-refractivity contribution >= 4 is 0 Å². The molecule has 2 aromatic carbocycles. The summed E-state index contributed by atoms with van der Waals surface area (Å²) in [6, 6.07) is 21.2. The van der Waals surface area contributed by atoms with Crippen LogP contribution in [0.2, 0.25) is 0 Å². The van der Waals surface area contributed by atoms with Gasteiger partial charge in [-0.1, -0.05) is 36.4 Å². The van der Waals surface area contributed by atoms with E-state index in [4.69, 9.17) is 0 Å².